The molecule has 0 amide bonds. The van der Waals surface area contributed by atoms with Crippen LogP contribution in [0.5, 0.6) is 5.75 Å². The Labute approximate surface area is 175 Å². The maximum Gasteiger partial charge on any atom is 0.143 e. The van der Waals surface area contributed by atoms with Crippen molar-refractivity contribution in [2.24, 2.45) is 0 Å². The Hall–Kier alpha value is -2.64. The summed E-state index contributed by atoms with van der Waals surface area (Å²) in [6, 6.07) is 10.9. The van der Waals surface area contributed by atoms with Gasteiger partial charge in [0.25, 0.3) is 0 Å². The molecule has 3 atom stereocenters. The molecule has 1 saturated heterocycles. The molecule has 7 heteroatoms. The van der Waals surface area contributed by atoms with E-state index in [1.165, 1.54) is 24.1 Å². The molecule has 2 aromatic heterocycles. The third-order valence-corrected chi connectivity index (χ3v) is 6.78. The molecule has 7 nitrogen and oxygen atoms in total. The summed E-state index contributed by atoms with van der Waals surface area (Å²) >= 11 is 0. The second kappa shape index (κ2) is 7.25. The number of aromatic amines is 1. The molecule has 1 aromatic carbocycles. The average Bonchev–Trinajstić information content (AvgIpc) is 3.35. The first-order chi connectivity index (χ1) is 14.8. The fourth-order valence-corrected chi connectivity index (χ4v) is 4.92. The zero-order chi connectivity index (χ0) is 20.1. The van der Waals surface area contributed by atoms with E-state index in [2.05, 4.69) is 49.4 Å². The predicted molar refractivity (Wildman–Crippen MR) is 115 cm³/mol. The van der Waals surface area contributed by atoms with Crippen LogP contribution in [0.4, 0.5) is 5.82 Å². The van der Waals surface area contributed by atoms with E-state index in [0.29, 0.717) is 18.6 Å². The van der Waals surface area contributed by atoms with Crippen LogP contribution in [0.3, 0.4) is 0 Å². The zero-order valence-electron chi connectivity index (χ0n) is 17.2. The van der Waals surface area contributed by atoms with Crippen molar-refractivity contribution in [2.75, 3.05) is 32.1 Å². The smallest absolute Gasteiger partial charge is 0.143 e. The fraction of sp³-hybridized carbons (Fsp3) is 0.478. The van der Waals surface area contributed by atoms with Crippen LogP contribution in [0.1, 0.15) is 42.5 Å². The van der Waals surface area contributed by atoms with Gasteiger partial charge in [-0.05, 0) is 37.3 Å². The van der Waals surface area contributed by atoms with E-state index in [1.807, 2.05) is 6.07 Å². The van der Waals surface area contributed by atoms with E-state index in [1.54, 1.807) is 13.4 Å². The summed E-state index contributed by atoms with van der Waals surface area (Å²) in [7, 11) is 1.80. The second-order valence-corrected chi connectivity index (χ2v) is 8.66. The van der Waals surface area contributed by atoms with Crippen LogP contribution in [0.15, 0.2) is 36.7 Å². The third-order valence-electron chi connectivity index (χ3n) is 6.78. The van der Waals surface area contributed by atoms with Crippen LogP contribution < -0.4 is 10.1 Å². The monoisotopic (exact) mass is 405 g/mol. The average molecular weight is 406 g/mol. The highest BCUT2D eigenvalue weighted by Gasteiger charge is 2.38. The fourth-order valence-electron chi connectivity index (χ4n) is 4.92. The predicted octanol–water partition coefficient (Wildman–Crippen LogP) is 3.47. The number of para-hydroxylation sites is 1. The molecule has 0 radical (unpaired) electrons. The first-order valence-corrected chi connectivity index (χ1v) is 10.9. The van der Waals surface area contributed by atoms with Gasteiger partial charge in [0.1, 0.15) is 30.1 Å². The van der Waals surface area contributed by atoms with Gasteiger partial charge < -0.3 is 19.8 Å². The summed E-state index contributed by atoms with van der Waals surface area (Å²) in [6.45, 7) is 2.60. The lowest BCUT2D eigenvalue weighted by molar-refractivity contribution is 0.0809. The Bertz CT molecular complexity index is 1060. The lowest BCUT2D eigenvalue weighted by atomic mass is 9.95. The highest BCUT2D eigenvalue weighted by molar-refractivity contribution is 5.88. The van der Waals surface area contributed by atoms with Gasteiger partial charge in [-0.2, -0.15) is 0 Å². The molecule has 156 valence electrons. The van der Waals surface area contributed by atoms with Crippen LogP contribution in [0, 0.1) is 0 Å². The van der Waals surface area contributed by atoms with Crippen LogP contribution in [0.2, 0.25) is 0 Å². The van der Waals surface area contributed by atoms with Crippen LogP contribution in [-0.2, 0) is 4.74 Å². The van der Waals surface area contributed by atoms with Gasteiger partial charge in [-0.3, -0.25) is 4.90 Å². The summed E-state index contributed by atoms with van der Waals surface area (Å²) < 4.78 is 11.8. The Balaban J connectivity index is 1.37. The van der Waals surface area contributed by atoms with Gasteiger partial charge in [0.15, 0.2) is 0 Å². The van der Waals surface area contributed by atoms with E-state index in [4.69, 9.17) is 9.47 Å². The zero-order valence-corrected chi connectivity index (χ0v) is 17.2. The number of likely N-dealkylation sites (tertiary alicyclic amines) is 1. The van der Waals surface area contributed by atoms with Crippen molar-refractivity contribution in [1.82, 2.24) is 19.9 Å². The molecular weight excluding hydrogens is 378 g/mol. The van der Waals surface area contributed by atoms with Crippen molar-refractivity contribution in [1.29, 1.82) is 0 Å². The van der Waals surface area contributed by atoms with Crippen LogP contribution in [-0.4, -0.2) is 58.8 Å². The van der Waals surface area contributed by atoms with Gasteiger partial charge in [-0.1, -0.05) is 18.2 Å². The number of methoxy groups -OCH3 is 1. The minimum Gasteiger partial charge on any atom is -0.491 e. The molecule has 0 unspecified atom stereocenters. The number of benzene rings is 1. The summed E-state index contributed by atoms with van der Waals surface area (Å²) in [5.74, 6) is 2.49. The molecule has 3 aliphatic rings. The number of hydrogen-bond donors (Lipinski definition) is 2. The van der Waals surface area contributed by atoms with Crippen LogP contribution >= 0.6 is 0 Å². The summed E-state index contributed by atoms with van der Waals surface area (Å²) in [5, 5.41) is 4.85. The Morgan fingerprint density at radius 1 is 1.20 bits per heavy atom. The van der Waals surface area contributed by atoms with E-state index in [0.717, 1.165) is 42.1 Å². The molecule has 1 aliphatic carbocycles. The van der Waals surface area contributed by atoms with Crippen molar-refractivity contribution < 1.29 is 9.47 Å². The molecule has 2 aliphatic heterocycles. The molecule has 30 heavy (non-hydrogen) atoms. The number of hydrogen-bond acceptors (Lipinski definition) is 6. The number of ether oxygens (including phenoxy) is 2. The topological polar surface area (TPSA) is 75.3 Å². The highest BCUT2D eigenvalue weighted by Crippen LogP contribution is 2.42. The summed E-state index contributed by atoms with van der Waals surface area (Å²) in [6.07, 6.45) is 5.51. The molecule has 0 spiro atoms. The number of fused-ring (bicyclic) bond motifs is 2. The molecule has 6 rings (SSSR count). The number of anilines is 1. The van der Waals surface area contributed by atoms with Crippen molar-refractivity contribution in [3.05, 3.63) is 47.9 Å². The minimum atomic E-state index is 0.0860. The van der Waals surface area contributed by atoms with Gasteiger partial charge in [-0.25, -0.2) is 9.97 Å². The number of nitrogens with one attached hydrogen (secondary N) is 2. The first-order valence-electron chi connectivity index (χ1n) is 10.9. The van der Waals surface area contributed by atoms with Gasteiger partial charge >= 0.3 is 0 Å². The number of H-pyrrole nitrogens is 1. The normalized spacial score (nSPS) is 26.5. The molecule has 4 heterocycles. The largest absolute Gasteiger partial charge is 0.491 e. The molecule has 3 aromatic rings. The maximum absolute atomic E-state index is 6.16. The molecule has 1 saturated carbocycles. The number of rotatable bonds is 5. The van der Waals surface area contributed by atoms with Gasteiger partial charge in [-0.15, -0.1) is 0 Å². The van der Waals surface area contributed by atoms with E-state index >= 15 is 0 Å². The van der Waals surface area contributed by atoms with E-state index in [9.17, 15) is 0 Å². The molecule has 2 fully saturated rings. The quantitative estimate of drug-likeness (QED) is 0.677. The van der Waals surface area contributed by atoms with Crippen LogP contribution in [0.25, 0.3) is 11.0 Å². The van der Waals surface area contributed by atoms with Crippen molar-refractivity contribution >= 4 is 16.9 Å². The van der Waals surface area contributed by atoms with Crippen molar-refractivity contribution in [3.8, 4) is 5.75 Å². The SMILES string of the molecule is CO[C@H]1CCN([C@H]2COc3ccccc3[C@@H]2Nc2ncnc3[nH]c(C4CC4)cc23)C1. The van der Waals surface area contributed by atoms with Gasteiger partial charge in [0.2, 0.25) is 0 Å². The van der Waals surface area contributed by atoms with Crippen molar-refractivity contribution in [2.45, 2.75) is 43.4 Å². The summed E-state index contributed by atoms with van der Waals surface area (Å²) in [4.78, 5) is 15.1. The second-order valence-electron chi connectivity index (χ2n) is 8.66. The lowest BCUT2D eigenvalue weighted by Gasteiger charge is -2.39. The Kier molecular flexibility index (Phi) is 4.39. The summed E-state index contributed by atoms with van der Waals surface area (Å²) in [5.41, 5.74) is 3.37. The number of aromatic nitrogens is 3. The maximum atomic E-state index is 6.16. The molecular formula is C23H27N5O2. The van der Waals surface area contributed by atoms with Gasteiger partial charge in [0, 0.05) is 31.5 Å². The Morgan fingerprint density at radius 3 is 2.93 bits per heavy atom. The minimum absolute atomic E-state index is 0.0860. The third kappa shape index (κ3) is 3.13. The first kappa shape index (κ1) is 18.2. The van der Waals surface area contributed by atoms with E-state index < -0.39 is 0 Å². The molecule has 0 bridgehead atoms. The number of nitrogens with zero attached hydrogens (tertiary/aromatic N) is 3. The Morgan fingerprint density at radius 2 is 2.10 bits per heavy atom. The van der Waals surface area contributed by atoms with Gasteiger partial charge in [0.05, 0.1) is 23.6 Å². The highest BCUT2D eigenvalue weighted by atomic mass is 16.5. The molecule has 2 N–H and O–H groups in total. The standard InChI is InChI=1S/C23H27N5O2/c1-29-15-8-9-28(11-15)19-12-30-20-5-3-2-4-16(20)21(19)27-23-17-10-18(14-6-7-14)26-22(17)24-13-25-23/h2-5,10,13-15,19,21H,6-9,11-12H2,1H3,(H2,24,25,26,27)/t15-,19-,21-/m0/s1. The van der Waals surface area contributed by atoms with E-state index in [-0.39, 0.29) is 12.1 Å². The van der Waals surface area contributed by atoms with Crippen molar-refractivity contribution in [3.63, 3.8) is 0 Å². The lowest BCUT2D eigenvalue weighted by Crippen LogP contribution is -2.47.